The summed E-state index contributed by atoms with van der Waals surface area (Å²) >= 11 is 11.9. The number of hydrogen-bond acceptors (Lipinski definition) is 3. The number of amides is 1. The number of halogens is 8. The van der Waals surface area contributed by atoms with Crippen LogP contribution in [-0.2, 0) is 16.1 Å². The van der Waals surface area contributed by atoms with E-state index in [9.17, 15) is 31.1 Å². The molecule has 0 aliphatic rings. The van der Waals surface area contributed by atoms with E-state index in [1.807, 2.05) is 0 Å². The molecule has 0 aliphatic heterocycles. The minimum Gasteiger partial charge on any atom is -0.386 e. The zero-order valence-electron chi connectivity index (χ0n) is 15.5. The van der Waals surface area contributed by atoms with E-state index in [4.69, 9.17) is 23.2 Å². The van der Waals surface area contributed by atoms with Crippen molar-refractivity contribution in [1.29, 1.82) is 0 Å². The van der Waals surface area contributed by atoms with E-state index in [1.165, 1.54) is 24.3 Å². The molecule has 0 radical (unpaired) electrons. The van der Waals surface area contributed by atoms with Gasteiger partial charge in [0, 0.05) is 21.3 Å². The zero-order chi connectivity index (χ0) is 23.2. The quantitative estimate of drug-likeness (QED) is 0.279. The lowest BCUT2D eigenvalue weighted by Gasteiger charge is -2.12. The van der Waals surface area contributed by atoms with E-state index < -0.39 is 24.9 Å². The average Bonchev–Trinajstić information content (AvgIpc) is 2.62. The van der Waals surface area contributed by atoms with Gasteiger partial charge < -0.3 is 10.2 Å². The van der Waals surface area contributed by atoms with Gasteiger partial charge in [-0.05, 0) is 48.7 Å². The van der Waals surface area contributed by atoms with Gasteiger partial charge in [-0.3, -0.25) is 4.79 Å². The minimum absolute atomic E-state index is 0.0171. The largest absolute Gasteiger partial charge is 0.471 e. The fraction of sp³-hybridized carbons (Fsp3) is 0.263. The molecule has 0 spiro atoms. The van der Waals surface area contributed by atoms with Crippen molar-refractivity contribution in [3.8, 4) is 0 Å². The second-order valence-electron chi connectivity index (χ2n) is 6.24. The summed E-state index contributed by atoms with van der Waals surface area (Å²) in [6, 6.07) is 9.76. The monoisotopic (exact) mass is 486 g/mol. The number of nitrogens with one attached hydrogen (secondary N) is 1. The number of carbonyl (C=O) groups is 1. The Hall–Kier alpha value is -2.46. The van der Waals surface area contributed by atoms with Gasteiger partial charge in [-0.15, -0.1) is 0 Å². The Kier molecular flexibility index (Phi) is 8.19. The van der Waals surface area contributed by atoms with Crippen molar-refractivity contribution in [2.45, 2.75) is 25.2 Å². The van der Waals surface area contributed by atoms with Gasteiger partial charge in [0.2, 0.25) is 6.61 Å². The lowest BCUT2D eigenvalue weighted by Crippen LogP contribution is -2.29. The highest BCUT2D eigenvalue weighted by atomic mass is 35.5. The summed E-state index contributed by atoms with van der Waals surface area (Å²) in [5, 5.41) is 5.88. The van der Waals surface area contributed by atoms with Crippen molar-refractivity contribution >= 4 is 40.5 Å². The molecule has 2 aromatic rings. The molecule has 31 heavy (non-hydrogen) atoms. The summed E-state index contributed by atoms with van der Waals surface area (Å²) in [4.78, 5) is 15.5. The van der Waals surface area contributed by atoms with Crippen LogP contribution < -0.4 is 5.32 Å². The molecule has 4 nitrogen and oxygen atoms in total. The summed E-state index contributed by atoms with van der Waals surface area (Å²) in [6.07, 6.45) is -9.44. The van der Waals surface area contributed by atoms with Crippen molar-refractivity contribution in [1.82, 2.24) is 0 Å². The molecule has 0 unspecified atom stereocenters. The highest BCUT2D eigenvalue weighted by Gasteiger charge is 2.38. The van der Waals surface area contributed by atoms with E-state index in [-0.39, 0.29) is 29.8 Å². The van der Waals surface area contributed by atoms with Gasteiger partial charge in [-0.2, -0.15) is 26.3 Å². The normalized spacial score (nSPS) is 12.6. The third-order valence-corrected chi connectivity index (χ3v) is 4.12. The van der Waals surface area contributed by atoms with E-state index in [1.54, 1.807) is 17.4 Å². The number of alkyl halides is 6. The molecular weight excluding hydrogens is 473 g/mol. The number of carbonyl (C=O) groups excluding carboxylic acids is 1. The molecule has 168 valence electrons. The smallest absolute Gasteiger partial charge is 0.386 e. The van der Waals surface area contributed by atoms with Gasteiger partial charge in [-0.1, -0.05) is 40.5 Å². The van der Waals surface area contributed by atoms with Crippen molar-refractivity contribution < 1.29 is 36.0 Å². The summed E-state index contributed by atoms with van der Waals surface area (Å²) in [6.45, 7) is -1.65. The zero-order valence-corrected chi connectivity index (χ0v) is 17.0. The van der Waals surface area contributed by atoms with Crippen LogP contribution in [0.5, 0.6) is 0 Å². The predicted octanol–water partition coefficient (Wildman–Crippen LogP) is 6.41. The van der Waals surface area contributed by atoms with Crippen LogP contribution in [0.15, 0.2) is 47.6 Å². The van der Waals surface area contributed by atoms with Gasteiger partial charge in [0.15, 0.2) is 0 Å². The maximum absolute atomic E-state index is 12.5. The van der Waals surface area contributed by atoms with Crippen LogP contribution >= 0.6 is 23.2 Å². The molecule has 1 amide bonds. The number of rotatable bonds is 7. The lowest BCUT2D eigenvalue weighted by molar-refractivity contribution is -0.173. The number of oxime groups is 1. The van der Waals surface area contributed by atoms with Gasteiger partial charge in [0.25, 0.3) is 0 Å². The Morgan fingerprint density at radius 3 is 2.23 bits per heavy atom. The standard InChI is InChI=1S/C19H14Cl2F6N2O2/c20-13-6-11(7-14(21)9-13)4-5-16(29-31-10-18(22,23)24)12-2-1-3-15(8-12)28-17(30)19(25,26)27/h1-3,6-9H,4-5,10H2,(H,28,30)/b29-16+. The van der Waals surface area contributed by atoms with Crippen LogP contribution in [0.1, 0.15) is 17.5 Å². The summed E-state index contributed by atoms with van der Waals surface area (Å²) in [5.74, 6) is -2.19. The highest BCUT2D eigenvalue weighted by Crippen LogP contribution is 2.23. The number of hydrogen-bond donors (Lipinski definition) is 1. The van der Waals surface area contributed by atoms with Gasteiger partial charge in [-0.25, -0.2) is 0 Å². The molecule has 0 heterocycles. The Morgan fingerprint density at radius 2 is 1.65 bits per heavy atom. The molecule has 12 heteroatoms. The molecule has 0 saturated carbocycles. The van der Waals surface area contributed by atoms with Crippen molar-refractivity contribution in [3.05, 3.63) is 63.6 Å². The van der Waals surface area contributed by atoms with E-state index in [0.29, 0.717) is 15.6 Å². The van der Waals surface area contributed by atoms with Crippen LogP contribution in [0.2, 0.25) is 10.0 Å². The SMILES string of the molecule is O=C(Nc1cccc(/C(CCc2cc(Cl)cc(Cl)c2)=N/OCC(F)(F)F)c1)C(F)(F)F. The third-order valence-electron chi connectivity index (χ3n) is 3.69. The summed E-state index contributed by atoms with van der Waals surface area (Å²) in [5.41, 5.74) is 0.621. The first-order chi connectivity index (χ1) is 14.3. The summed E-state index contributed by atoms with van der Waals surface area (Å²) < 4.78 is 74.6. The maximum Gasteiger partial charge on any atom is 0.471 e. The first-order valence-electron chi connectivity index (χ1n) is 8.52. The van der Waals surface area contributed by atoms with Crippen LogP contribution in [0.3, 0.4) is 0 Å². The first kappa shape index (κ1) is 24.8. The fourth-order valence-electron chi connectivity index (χ4n) is 2.42. The predicted molar refractivity (Wildman–Crippen MR) is 104 cm³/mol. The van der Waals surface area contributed by atoms with Crippen molar-refractivity contribution in [2.75, 3.05) is 11.9 Å². The molecule has 2 aromatic carbocycles. The van der Waals surface area contributed by atoms with Gasteiger partial charge in [0.05, 0.1) is 5.71 Å². The first-order valence-corrected chi connectivity index (χ1v) is 9.28. The third kappa shape index (κ3) is 8.66. The minimum atomic E-state index is -5.10. The van der Waals surface area contributed by atoms with Gasteiger partial charge in [0.1, 0.15) is 0 Å². The van der Waals surface area contributed by atoms with E-state index in [2.05, 4.69) is 9.99 Å². The molecule has 0 aromatic heterocycles. The Bertz CT molecular complexity index is 941. The molecule has 0 saturated heterocycles. The van der Waals surface area contributed by atoms with Crippen molar-refractivity contribution in [2.24, 2.45) is 5.16 Å². The Balaban J connectivity index is 2.26. The second kappa shape index (κ2) is 10.2. The fourth-order valence-corrected chi connectivity index (χ4v) is 2.99. The number of benzene rings is 2. The molecule has 0 atom stereocenters. The van der Waals surface area contributed by atoms with Crippen molar-refractivity contribution in [3.63, 3.8) is 0 Å². The average molecular weight is 487 g/mol. The van der Waals surface area contributed by atoms with Crippen LogP contribution in [0.25, 0.3) is 0 Å². The summed E-state index contributed by atoms with van der Waals surface area (Å²) in [7, 11) is 0. The van der Waals surface area contributed by atoms with Crippen LogP contribution in [-0.4, -0.2) is 30.6 Å². The molecule has 2 rings (SSSR count). The maximum atomic E-state index is 12.5. The van der Waals surface area contributed by atoms with E-state index in [0.717, 1.165) is 6.07 Å². The van der Waals surface area contributed by atoms with E-state index >= 15 is 0 Å². The highest BCUT2D eigenvalue weighted by molar-refractivity contribution is 6.34. The number of aryl methyl sites for hydroxylation is 1. The molecule has 0 bridgehead atoms. The Morgan fingerprint density at radius 1 is 1.00 bits per heavy atom. The van der Waals surface area contributed by atoms with Gasteiger partial charge >= 0.3 is 18.3 Å². The topological polar surface area (TPSA) is 50.7 Å². The molecule has 1 N–H and O–H groups in total. The molecule has 0 aliphatic carbocycles. The number of nitrogens with zero attached hydrogens (tertiary/aromatic N) is 1. The lowest BCUT2D eigenvalue weighted by atomic mass is 10.0. The Labute approximate surface area is 182 Å². The molecular formula is C19H14Cl2F6N2O2. The van der Waals surface area contributed by atoms with Crippen LogP contribution in [0, 0.1) is 0 Å². The second-order valence-corrected chi connectivity index (χ2v) is 7.11. The van der Waals surface area contributed by atoms with Crippen LogP contribution in [0.4, 0.5) is 32.0 Å². The number of anilines is 1. The molecule has 0 fully saturated rings.